The molecule has 2 saturated carbocycles. The second kappa shape index (κ2) is 5.71. The van der Waals surface area contributed by atoms with Crippen LogP contribution < -0.4 is 11.5 Å². The van der Waals surface area contributed by atoms with Crippen LogP contribution in [0.2, 0.25) is 0 Å². The van der Waals surface area contributed by atoms with Crippen molar-refractivity contribution in [2.24, 2.45) is 35.1 Å². The Labute approximate surface area is 107 Å². The number of nitrogens with two attached hydrogens (primary N) is 2. The average molecular weight is 238 g/mol. The zero-order valence-corrected chi connectivity index (χ0v) is 11.6. The number of hydrogen-bond donors (Lipinski definition) is 2. The summed E-state index contributed by atoms with van der Waals surface area (Å²) in [6.07, 6.45) is 9.37. The van der Waals surface area contributed by atoms with Gasteiger partial charge in [0, 0.05) is 12.1 Å². The first-order valence-corrected chi connectivity index (χ1v) is 7.57. The SMILES string of the molecule is C[C@@H]1C[C@@H](C[C@@H]2CC[C@H](N)[C@H](C)C2)CC[C@@H]1N. The normalized spacial score (nSPS) is 48.0. The summed E-state index contributed by atoms with van der Waals surface area (Å²) in [6.45, 7) is 4.66. The Morgan fingerprint density at radius 1 is 0.765 bits per heavy atom. The number of rotatable bonds is 2. The van der Waals surface area contributed by atoms with Gasteiger partial charge in [0.15, 0.2) is 0 Å². The van der Waals surface area contributed by atoms with Gasteiger partial charge in [-0.1, -0.05) is 13.8 Å². The van der Waals surface area contributed by atoms with Gasteiger partial charge < -0.3 is 11.5 Å². The predicted octanol–water partition coefficient (Wildman–Crippen LogP) is 2.90. The molecule has 4 N–H and O–H groups in total. The summed E-state index contributed by atoms with van der Waals surface area (Å²) >= 11 is 0. The minimum absolute atomic E-state index is 0.463. The van der Waals surface area contributed by atoms with Gasteiger partial charge in [0.1, 0.15) is 0 Å². The van der Waals surface area contributed by atoms with Gasteiger partial charge in [-0.15, -0.1) is 0 Å². The lowest BCUT2D eigenvalue weighted by Gasteiger charge is -2.37. The van der Waals surface area contributed by atoms with E-state index >= 15 is 0 Å². The maximum Gasteiger partial charge on any atom is 0.00647 e. The molecule has 0 unspecified atom stereocenters. The van der Waals surface area contributed by atoms with Crippen molar-refractivity contribution >= 4 is 0 Å². The van der Waals surface area contributed by atoms with Gasteiger partial charge in [0.2, 0.25) is 0 Å². The fraction of sp³-hybridized carbons (Fsp3) is 1.00. The largest absolute Gasteiger partial charge is 0.327 e. The summed E-state index contributed by atoms with van der Waals surface area (Å²) in [4.78, 5) is 0. The number of hydrogen-bond acceptors (Lipinski definition) is 2. The molecule has 0 amide bonds. The molecule has 2 rings (SSSR count). The molecular formula is C15H30N2. The van der Waals surface area contributed by atoms with E-state index in [4.69, 9.17) is 11.5 Å². The molecule has 100 valence electrons. The molecule has 0 heterocycles. The molecule has 17 heavy (non-hydrogen) atoms. The van der Waals surface area contributed by atoms with E-state index in [9.17, 15) is 0 Å². The maximum absolute atomic E-state index is 6.10. The van der Waals surface area contributed by atoms with E-state index in [1.807, 2.05) is 0 Å². The third-order valence-electron chi connectivity index (χ3n) is 5.36. The lowest BCUT2D eigenvalue weighted by Crippen LogP contribution is -2.37. The van der Waals surface area contributed by atoms with E-state index < -0.39 is 0 Å². The molecule has 0 aromatic rings. The highest BCUT2D eigenvalue weighted by Crippen LogP contribution is 2.38. The monoisotopic (exact) mass is 238 g/mol. The average Bonchev–Trinajstić information content (AvgIpc) is 2.29. The first kappa shape index (κ1) is 13.4. The van der Waals surface area contributed by atoms with Crippen molar-refractivity contribution in [1.29, 1.82) is 0 Å². The van der Waals surface area contributed by atoms with E-state index in [1.165, 1.54) is 44.9 Å². The molecular weight excluding hydrogens is 208 g/mol. The van der Waals surface area contributed by atoms with Crippen LogP contribution in [0.4, 0.5) is 0 Å². The van der Waals surface area contributed by atoms with Crippen molar-refractivity contribution in [2.45, 2.75) is 70.9 Å². The fourth-order valence-corrected chi connectivity index (χ4v) is 3.96. The highest BCUT2D eigenvalue weighted by molar-refractivity contribution is 4.85. The van der Waals surface area contributed by atoms with Crippen LogP contribution in [0.25, 0.3) is 0 Å². The van der Waals surface area contributed by atoms with Crippen LogP contribution in [-0.4, -0.2) is 12.1 Å². The molecule has 2 heteroatoms. The molecule has 0 aromatic heterocycles. The van der Waals surface area contributed by atoms with E-state index in [0.717, 1.165) is 23.7 Å². The molecule has 2 nitrogen and oxygen atoms in total. The summed E-state index contributed by atoms with van der Waals surface area (Å²) in [5, 5.41) is 0. The topological polar surface area (TPSA) is 52.0 Å². The summed E-state index contributed by atoms with van der Waals surface area (Å²) in [6, 6.07) is 0.926. The second-order valence-corrected chi connectivity index (χ2v) is 6.88. The van der Waals surface area contributed by atoms with Gasteiger partial charge in [-0.05, 0) is 68.6 Å². The van der Waals surface area contributed by atoms with Gasteiger partial charge >= 0.3 is 0 Å². The van der Waals surface area contributed by atoms with Crippen molar-refractivity contribution in [3.63, 3.8) is 0 Å². The van der Waals surface area contributed by atoms with Gasteiger partial charge in [-0.25, -0.2) is 0 Å². The minimum atomic E-state index is 0.463. The minimum Gasteiger partial charge on any atom is -0.327 e. The van der Waals surface area contributed by atoms with Crippen molar-refractivity contribution in [3.05, 3.63) is 0 Å². The fourth-order valence-electron chi connectivity index (χ4n) is 3.96. The van der Waals surface area contributed by atoms with Crippen molar-refractivity contribution in [2.75, 3.05) is 0 Å². The zero-order chi connectivity index (χ0) is 12.4. The quantitative estimate of drug-likeness (QED) is 0.777. The third-order valence-corrected chi connectivity index (χ3v) is 5.36. The van der Waals surface area contributed by atoms with Crippen LogP contribution in [0.3, 0.4) is 0 Å². The standard InChI is InChI=1S/C15H30N2/c1-10-7-12(3-5-14(10)16)9-13-4-6-15(17)11(2)8-13/h10-15H,3-9,16-17H2,1-2H3/t10-,11-,12-,13+,14+,15+/m1/s1. The highest BCUT2D eigenvalue weighted by Gasteiger charge is 2.30. The Balaban J connectivity index is 1.78. The van der Waals surface area contributed by atoms with Gasteiger partial charge in [-0.3, -0.25) is 0 Å². The van der Waals surface area contributed by atoms with Crippen LogP contribution in [0.1, 0.15) is 58.8 Å². The highest BCUT2D eigenvalue weighted by atomic mass is 14.7. The lowest BCUT2D eigenvalue weighted by molar-refractivity contribution is 0.169. The van der Waals surface area contributed by atoms with E-state index in [0.29, 0.717) is 12.1 Å². The Bertz CT molecular complexity index is 217. The van der Waals surface area contributed by atoms with Crippen molar-refractivity contribution in [1.82, 2.24) is 0 Å². The zero-order valence-electron chi connectivity index (χ0n) is 11.6. The van der Waals surface area contributed by atoms with Crippen LogP contribution in [0.15, 0.2) is 0 Å². The molecule has 0 aliphatic heterocycles. The van der Waals surface area contributed by atoms with Crippen LogP contribution in [-0.2, 0) is 0 Å². The van der Waals surface area contributed by atoms with Gasteiger partial charge in [-0.2, -0.15) is 0 Å². The van der Waals surface area contributed by atoms with Crippen molar-refractivity contribution < 1.29 is 0 Å². The van der Waals surface area contributed by atoms with E-state index in [2.05, 4.69) is 13.8 Å². The molecule has 0 bridgehead atoms. The van der Waals surface area contributed by atoms with Gasteiger partial charge in [0.25, 0.3) is 0 Å². The summed E-state index contributed by atoms with van der Waals surface area (Å²) in [5.74, 6) is 3.35. The smallest absolute Gasteiger partial charge is 0.00647 e. The Morgan fingerprint density at radius 3 is 1.53 bits per heavy atom. The van der Waals surface area contributed by atoms with Crippen LogP contribution in [0, 0.1) is 23.7 Å². The molecule has 0 radical (unpaired) electrons. The molecule has 2 aliphatic rings. The summed E-state index contributed by atoms with van der Waals surface area (Å²) in [5.41, 5.74) is 12.2. The lowest BCUT2D eigenvalue weighted by atomic mass is 9.71. The maximum atomic E-state index is 6.10. The molecule has 0 aromatic carbocycles. The van der Waals surface area contributed by atoms with Crippen LogP contribution >= 0.6 is 0 Å². The van der Waals surface area contributed by atoms with Crippen molar-refractivity contribution in [3.8, 4) is 0 Å². The van der Waals surface area contributed by atoms with Gasteiger partial charge in [0.05, 0.1) is 0 Å². The van der Waals surface area contributed by atoms with Crippen LogP contribution in [0.5, 0.6) is 0 Å². The Hall–Kier alpha value is -0.0800. The van der Waals surface area contributed by atoms with E-state index in [1.54, 1.807) is 0 Å². The Kier molecular flexibility index (Phi) is 4.48. The predicted molar refractivity (Wildman–Crippen MR) is 73.6 cm³/mol. The molecule has 0 saturated heterocycles. The molecule has 6 atom stereocenters. The third kappa shape index (κ3) is 3.45. The molecule has 0 spiro atoms. The summed E-state index contributed by atoms with van der Waals surface area (Å²) < 4.78 is 0. The molecule has 2 aliphatic carbocycles. The Morgan fingerprint density at radius 2 is 1.18 bits per heavy atom. The first-order chi connectivity index (χ1) is 8.06. The summed E-state index contributed by atoms with van der Waals surface area (Å²) in [7, 11) is 0. The molecule has 2 fully saturated rings. The first-order valence-electron chi connectivity index (χ1n) is 7.57. The second-order valence-electron chi connectivity index (χ2n) is 6.88. The van der Waals surface area contributed by atoms with E-state index in [-0.39, 0.29) is 0 Å².